The molecule has 1 saturated carbocycles. The average molecular weight is 327 g/mol. The Kier molecular flexibility index (Phi) is 4.35. The number of aliphatic imine (C=N–C) groups is 1. The van der Waals surface area contributed by atoms with E-state index >= 15 is 0 Å². The standard InChI is InChI=1S/C19H25N3O2/c1-13-9-15(16(10-14(13)2)22(3)12-23)21-17-11-18(20)24-19(17)7-5-4-6-8-19/h9-12H,4-8,20H2,1-3H3. The molecule has 0 bridgehead atoms. The number of anilines is 1. The van der Waals surface area contributed by atoms with Gasteiger partial charge in [0.05, 0.1) is 17.1 Å². The summed E-state index contributed by atoms with van der Waals surface area (Å²) in [6.45, 7) is 4.09. The number of aryl methyl sites for hydroxylation is 2. The minimum atomic E-state index is -0.391. The van der Waals surface area contributed by atoms with Crippen LogP contribution in [0.4, 0.5) is 11.4 Å². The quantitative estimate of drug-likeness (QED) is 0.864. The Balaban J connectivity index is 2.09. The van der Waals surface area contributed by atoms with Gasteiger partial charge in [0.1, 0.15) is 0 Å². The molecule has 24 heavy (non-hydrogen) atoms. The van der Waals surface area contributed by atoms with E-state index in [1.165, 1.54) is 6.42 Å². The molecule has 3 rings (SSSR count). The van der Waals surface area contributed by atoms with Crippen LogP contribution in [0.15, 0.2) is 29.1 Å². The Hall–Kier alpha value is -2.30. The molecule has 128 valence electrons. The van der Waals surface area contributed by atoms with Crippen LogP contribution in [0.25, 0.3) is 0 Å². The molecule has 0 saturated heterocycles. The summed E-state index contributed by atoms with van der Waals surface area (Å²) in [5, 5.41) is 0. The summed E-state index contributed by atoms with van der Waals surface area (Å²) in [5.74, 6) is 0.435. The molecule has 1 aliphatic carbocycles. The van der Waals surface area contributed by atoms with Crippen LogP contribution in [-0.2, 0) is 9.53 Å². The third kappa shape index (κ3) is 2.90. The van der Waals surface area contributed by atoms with Crippen molar-refractivity contribution in [3.63, 3.8) is 0 Å². The molecular formula is C19H25N3O2. The molecule has 1 heterocycles. The van der Waals surface area contributed by atoms with Gasteiger partial charge < -0.3 is 15.4 Å². The maximum absolute atomic E-state index is 11.3. The largest absolute Gasteiger partial charge is 0.466 e. The third-order valence-electron chi connectivity index (χ3n) is 5.09. The Morgan fingerprint density at radius 2 is 1.88 bits per heavy atom. The van der Waals surface area contributed by atoms with Crippen LogP contribution in [0.2, 0.25) is 0 Å². The van der Waals surface area contributed by atoms with Gasteiger partial charge >= 0.3 is 0 Å². The zero-order valence-corrected chi connectivity index (χ0v) is 14.6. The van der Waals surface area contributed by atoms with E-state index in [1.54, 1.807) is 11.9 Å². The van der Waals surface area contributed by atoms with E-state index in [1.807, 2.05) is 25.1 Å². The molecule has 1 aromatic carbocycles. The fourth-order valence-corrected chi connectivity index (χ4v) is 3.53. The number of hydrogen-bond acceptors (Lipinski definition) is 4. The van der Waals surface area contributed by atoms with Gasteiger partial charge in [-0.05, 0) is 62.8 Å². The van der Waals surface area contributed by atoms with Crippen molar-refractivity contribution in [3.8, 4) is 0 Å². The van der Waals surface area contributed by atoms with Gasteiger partial charge in [-0.2, -0.15) is 0 Å². The summed E-state index contributed by atoms with van der Waals surface area (Å²) in [7, 11) is 1.74. The highest BCUT2D eigenvalue weighted by molar-refractivity contribution is 6.06. The van der Waals surface area contributed by atoms with E-state index in [2.05, 4.69) is 6.92 Å². The molecule has 1 aliphatic heterocycles. The van der Waals surface area contributed by atoms with Crippen molar-refractivity contribution in [2.24, 2.45) is 10.7 Å². The van der Waals surface area contributed by atoms with Crippen LogP contribution in [0.1, 0.15) is 43.2 Å². The number of carbonyl (C=O) groups excluding carboxylic acids is 1. The second-order valence-electron chi connectivity index (χ2n) is 6.84. The number of rotatable bonds is 3. The molecule has 2 aliphatic rings. The third-order valence-corrected chi connectivity index (χ3v) is 5.09. The van der Waals surface area contributed by atoms with Crippen molar-refractivity contribution < 1.29 is 9.53 Å². The summed E-state index contributed by atoms with van der Waals surface area (Å²) in [4.78, 5) is 17.7. The summed E-state index contributed by atoms with van der Waals surface area (Å²) >= 11 is 0. The molecule has 0 unspecified atom stereocenters. The Morgan fingerprint density at radius 1 is 1.21 bits per heavy atom. The van der Waals surface area contributed by atoms with E-state index < -0.39 is 5.60 Å². The van der Waals surface area contributed by atoms with Crippen LogP contribution in [0, 0.1) is 13.8 Å². The fraction of sp³-hybridized carbons (Fsp3) is 0.474. The van der Waals surface area contributed by atoms with E-state index in [9.17, 15) is 4.79 Å². The lowest BCUT2D eigenvalue weighted by Crippen LogP contribution is -2.39. The molecule has 1 amide bonds. The first kappa shape index (κ1) is 16.6. The summed E-state index contributed by atoms with van der Waals surface area (Å²) in [6.07, 6.45) is 7.98. The van der Waals surface area contributed by atoms with E-state index in [-0.39, 0.29) is 0 Å². The topological polar surface area (TPSA) is 67.9 Å². The van der Waals surface area contributed by atoms with Gasteiger partial charge in [0, 0.05) is 13.1 Å². The predicted molar refractivity (Wildman–Crippen MR) is 96.6 cm³/mol. The maximum Gasteiger partial charge on any atom is 0.213 e. The molecule has 0 radical (unpaired) electrons. The highest BCUT2D eigenvalue weighted by atomic mass is 16.5. The molecule has 1 spiro atoms. The van der Waals surface area contributed by atoms with Crippen LogP contribution in [0.5, 0.6) is 0 Å². The van der Waals surface area contributed by atoms with Gasteiger partial charge in [-0.3, -0.25) is 4.79 Å². The second-order valence-corrected chi connectivity index (χ2v) is 6.84. The van der Waals surface area contributed by atoms with Crippen molar-refractivity contribution in [1.29, 1.82) is 0 Å². The van der Waals surface area contributed by atoms with Gasteiger partial charge in [-0.25, -0.2) is 4.99 Å². The van der Waals surface area contributed by atoms with Crippen molar-refractivity contribution in [2.75, 3.05) is 11.9 Å². The van der Waals surface area contributed by atoms with Crippen LogP contribution in [0.3, 0.4) is 0 Å². The predicted octanol–water partition coefficient (Wildman–Crippen LogP) is 3.50. The first-order valence-corrected chi connectivity index (χ1v) is 8.50. The number of amides is 1. The van der Waals surface area contributed by atoms with Gasteiger partial charge in [-0.15, -0.1) is 0 Å². The van der Waals surface area contributed by atoms with Crippen LogP contribution >= 0.6 is 0 Å². The van der Waals surface area contributed by atoms with Crippen molar-refractivity contribution in [1.82, 2.24) is 0 Å². The number of hydrogen-bond donors (Lipinski definition) is 1. The number of ether oxygens (including phenoxy) is 1. The van der Waals surface area contributed by atoms with Gasteiger partial charge in [0.25, 0.3) is 0 Å². The zero-order chi connectivity index (χ0) is 17.3. The molecule has 5 heteroatoms. The Morgan fingerprint density at radius 3 is 2.54 bits per heavy atom. The molecule has 1 aromatic rings. The van der Waals surface area contributed by atoms with Gasteiger partial charge in [0.15, 0.2) is 11.5 Å². The summed E-state index contributed by atoms with van der Waals surface area (Å²) < 4.78 is 5.98. The highest BCUT2D eigenvalue weighted by Gasteiger charge is 2.43. The van der Waals surface area contributed by atoms with Crippen molar-refractivity contribution >= 4 is 23.5 Å². The normalized spacial score (nSPS) is 20.8. The fourth-order valence-electron chi connectivity index (χ4n) is 3.53. The monoisotopic (exact) mass is 327 g/mol. The lowest BCUT2D eigenvalue weighted by atomic mass is 9.81. The Bertz CT molecular complexity index is 716. The molecule has 0 atom stereocenters. The van der Waals surface area contributed by atoms with E-state index in [0.29, 0.717) is 5.88 Å². The molecule has 2 N–H and O–H groups in total. The highest BCUT2D eigenvalue weighted by Crippen LogP contribution is 2.40. The van der Waals surface area contributed by atoms with Gasteiger partial charge in [0.2, 0.25) is 6.41 Å². The van der Waals surface area contributed by atoms with Crippen molar-refractivity contribution in [2.45, 2.75) is 51.6 Å². The zero-order valence-electron chi connectivity index (χ0n) is 14.6. The molecule has 5 nitrogen and oxygen atoms in total. The number of nitrogens with two attached hydrogens (primary N) is 1. The van der Waals surface area contributed by atoms with E-state index in [0.717, 1.165) is 60.3 Å². The number of nitrogens with zero attached hydrogens (tertiary/aromatic N) is 2. The minimum absolute atomic E-state index is 0.391. The lowest BCUT2D eigenvalue weighted by molar-refractivity contribution is -0.107. The molecular weight excluding hydrogens is 302 g/mol. The first-order chi connectivity index (χ1) is 11.4. The van der Waals surface area contributed by atoms with Gasteiger partial charge in [-0.1, -0.05) is 6.42 Å². The SMILES string of the molecule is Cc1cc(N=C2C=C(N)OC23CCCCC3)c(N(C)C=O)cc1C. The molecule has 0 aromatic heterocycles. The summed E-state index contributed by atoms with van der Waals surface area (Å²) in [5.41, 5.74) is 10.3. The minimum Gasteiger partial charge on any atom is -0.466 e. The van der Waals surface area contributed by atoms with Crippen LogP contribution in [-0.4, -0.2) is 24.8 Å². The van der Waals surface area contributed by atoms with E-state index in [4.69, 9.17) is 15.5 Å². The van der Waals surface area contributed by atoms with Crippen LogP contribution < -0.4 is 10.6 Å². The average Bonchev–Trinajstić information content (AvgIpc) is 2.85. The first-order valence-electron chi connectivity index (χ1n) is 8.50. The number of benzene rings is 1. The van der Waals surface area contributed by atoms with Crippen molar-refractivity contribution in [3.05, 3.63) is 35.2 Å². The number of carbonyl (C=O) groups is 1. The lowest BCUT2D eigenvalue weighted by Gasteiger charge is -2.33. The Labute approximate surface area is 143 Å². The maximum atomic E-state index is 11.3. The second kappa shape index (κ2) is 6.30. The molecule has 1 fully saturated rings. The smallest absolute Gasteiger partial charge is 0.213 e. The summed E-state index contributed by atoms with van der Waals surface area (Å²) in [6, 6.07) is 4.02.